The van der Waals surface area contributed by atoms with Gasteiger partial charge in [0, 0.05) is 6.54 Å². The predicted octanol–water partition coefficient (Wildman–Crippen LogP) is -1.53. The van der Waals surface area contributed by atoms with Crippen molar-refractivity contribution in [1.29, 1.82) is 0 Å². The van der Waals surface area contributed by atoms with Gasteiger partial charge in [0.1, 0.15) is 5.92 Å². The van der Waals surface area contributed by atoms with E-state index in [-0.39, 0.29) is 6.54 Å². The lowest BCUT2D eigenvalue weighted by molar-refractivity contribution is -0.136. The number of halogens is 2. The van der Waals surface area contributed by atoms with Gasteiger partial charge in [-0.2, -0.15) is 0 Å². The highest BCUT2D eigenvalue weighted by Crippen LogP contribution is 2.10. The normalized spacial score (nSPS) is 26.4. The van der Waals surface area contributed by atoms with Crippen LogP contribution in [0.25, 0.3) is 0 Å². The van der Waals surface area contributed by atoms with Gasteiger partial charge >= 0.3 is 0 Å². The number of rotatable bonds is 3. The summed E-state index contributed by atoms with van der Waals surface area (Å²) >= 11 is 0. The Morgan fingerprint density at radius 1 is 1.71 bits per heavy atom. The molecule has 5 nitrogen and oxygen atoms in total. The van der Waals surface area contributed by atoms with Gasteiger partial charge in [-0.3, -0.25) is 9.59 Å². The molecule has 1 aliphatic rings. The highest BCUT2D eigenvalue weighted by Gasteiger charge is 2.39. The van der Waals surface area contributed by atoms with E-state index in [0.717, 1.165) is 0 Å². The number of aliphatic hydroxyl groups excluding tert-OH is 1. The Balaban J connectivity index is 2.47. The van der Waals surface area contributed by atoms with E-state index in [4.69, 9.17) is 5.11 Å². The van der Waals surface area contributed by atoms with Gasteiger partial charge in [-0.15, -0.1) is 0 Å². The van der Waals surface area contributed by atoms with Crippen LogP contribution in [0.3, 0.4) is 0 Å². The van der Waals surface area contributed by atoms with Crippen molar-refractivity contribution in [2.45, 2.75) is 12.5 Å². The third kappa shape index (κ3) is 2.38. The maximum absolute atomic E-state index is 11.7. The molecule has 2 unspecified atom stereocenters. The molecule has 1 heterocycles. The molecule has 0 bridgehead atoms. The summed E-state index contributed by atoms with van der Waals surface area (Å²) in [6.45, 7) is -0.832. The second-order valence-electron chi connectivity index (χ2n) is 2.93. The Kier molecular flexibility index (Phi) is 3.34. The Hall–Kier alpha value is -1.24. The molecule has 0 spiro atoms. The molecular formula is C7H10F2N2O3. The highest BCUT2D eigenvalue weighted by atomic mass is 19.3. The maximum atomic E-state index is 11.7. The number of alkyl halides is 2. The van der Waals surface area contributed by atoms with Crippen LogP contribution >= 0.6 is 0 Å². The quantitative estimate of drug-likeness (QED) is 0.492. The molecule has 0 aromatic heterocycles. The lowest BCUT2D eigenvalue weighted by atomic mass is 10.1. The van der Waals surface area contributed by atoms with Crippen LogP contribution < -0.4 is 10.6 Å². The zero-order valence-electron chi connectivity index (χ0n) is 7.17. The third-order valence-corrected chi connectivity index (χ3v) is 1.87. The highest BCUT2D eigenvalue weighted by molar-refractivity contribution is 6.02. The summed E-state index contributed by atoms with van der Waals surface area (Å²) < 4.78 is 23.4. The van der Waals surface area contributed by atoms with Crippen molar-refractivity contribution in [1.82, 2.24) is 10.6 Å². The first-order valence-corrected chi connectivity index (χ1v) is 4.04. The van der Waals surface area contributed by atoms with Gasteiger partial charge < -0.3 is 15.7 Å². The van der Waals surface area contributed by atoms with Crippen LogP contribution in [-0.2, 0) is 9.59 Å². The summed E-state index contributed by atoms with van der Waals surface area (Å²) in [5.41, 5.74) is 0. The molecule has 0 aromatic carbocycles. The molecule has 2 atom stereocenters. The minimum Gasteiger partial charge on any atom is -0.390 e. The van der Waals surface area contributed by atoms with Crippen molar-refractivity contribution in [2.75, 3.05) is 13.1 Å². The van der Waals surface area contributed by atoms with Crippen molar-refractivity contribution >= 4 is 11.8 Å². The second kappa shape index (κ2) is 4.32. The summed E-state index contributed by atoms with van der Waals surface area (Å²) in [7, 11) is 0. The van der Waals surface area contributed by atoms with E-state index in [0.29, 0.717) is 0 Å². The average molecular weight is 208 g/mol. The van der Waals surface area contributed by atoms with Gasteiger partial charge in [-0.25, -0.2) is 8.78 Å². The molecule has 1 rings (SSSR count). The lowest BCUT2D eigenvalue weighted by Gasteiger charge is -2.11. The molecule has 80 valence electrons. The number of nitrogens with one attached hydrogen (secondary N) is 2. The Morgan fingerprint density at radius 2 is 2.36 bits per heavy atom. The standard InChI is InChI=1S/C7H10F2N2O3/c8-4(9)2-11-7(14)5-3(12)1-10-6(5)13/h3-5,12H,1-2H2,(H,10,13)(H,11,14). The molecule has 1 fully saturated rings. The second-order valence-corrected chi connectivity index (χ2v) is 2.93. The monoisotopic (exact) mass is 208 g/mol. The van der Waals surface area contributed by atoms with Gasteiger partial charge in [-0.05, 0) is 0 Å². The Morgan fingerprint density at radius 3 is 2.79 bits per heavy atom. The van der Waals surface area contributed by atoms with E-state index >= 15 is 0 Å². The number of carbonyl (C=O) groups excluding carboxylic acids is 2. The summed E-state index contributed by atoms with van der Waals surface area (Å²) in [6, 6.07) is 0. The number of aliphatic hydroxyl groups is 1. The molecule has 7 heteroatoms. The van der Waals surface area contributed by atoms with Crippen molar-refractivity contribution in [3.8, 4) is 0 Å². The van der Waals surface area contributed by atoms with Gasteiger partial charge in [0.25, 0.3) is 6.43 Å². The fraction of sp³-hybridized carbons (Fsp3) is 0.714. The van der Waals surface area contributed by atoms with Gasteiger partial charge in [0.05, 0.1) is 12.6 Å². The van der Waals surface area contributed by atoms with Gasteiger partial charge in [-0.1, -0.05) is 0 Å². The van der Waals surface area contributed by atoms with E-state index in [1.165, 1.54) is 0 Å². The zero-order valence-corrected chi connectivity index (χ0v) is 7.17. The molecule has 2 amide bonds. The van der Waals surface area contributed by atoms with Crippen LogP contribution in [0.2, 0.25) is 0 Å². The summed E-state index contributed by atoms with van der Waals surface area (Å²) in [4.78, 5) is 22.1. The maximum Gasteiger partial charge on any atom is 0.255 e. The summed E-state index contributed by atoms with van der Waals surface area (Å²) in [6.07, 6.45) is -3.80. The van der Waals surface area contributed by atoms with Crippen molar-refractivity contribution in [3.05, 3.63) is 0 Å². The molecular weight excluding hydrogens is 198 g/mol. The van der Waals surface area contributed by atoms with Crippen LogP contribution in [0.15, 0.2) is 0 Å². The number of carbonyl (C=O) groups is 2. The van der Waals surface area contributed by atoms with Crippen LogP contribution in [0, 0.1) is 5.92 Å². The first-order valence-electron chi connectivity index (χ1n) is 4.04. The fourth-order valence-corrected chi connectivity index (χ4v) is 1.19. The minimum absolute atomic E-state index is 0.0222. The molecule has 0 aliphatic carbocycles. The number of amides is 2. The van der Waals surface area contributed by atoms with Crippen LogP contribution in [0.1, 0.15) is 0 Å². The molecule has 1 aliphatic heterocycles. The van der Waals surface area contributed by atoms with Crippen molar-refractivity contribution < 1.29 is 23.5 Å². The predicted molar refractivity (Wildman–Crippen MR) is 41.5 cm³/mol. The van der Waals surface area contributed by atoms with E-state index in [1.54, 1.807) is 0 Å². The third-order valence-electron chi connectivity index (χ3n) is 1.87. The number of hydrogen-bond acceptors (Lipinski definition) is 3. The first kappa shape index (κ1) is 10.8. The number of hydrogen-bond donors (Lipinski definition) is 3. The average Bonchev–Trinajstić information content (AvgIpc) is 2.42. The summed E-state index contributed by atoms with van der Waals surface area (Å²) in [5, 5.41) is 13.3. The minimum atomic E-state index is -2.67. The first-order chi connectivity index (χ1) is 6.52. The smallest absolute Gasteiger partial charge is 0.255 e. The van der Waals surface area contributed by atoms with Gasteiger partial charge in [0.2, 0.25) is 11.8 Å². The molecule has 0 radical (unpaired) electrons. The van der Waals surface area contributed by atoms with E-state index in [2.05, 4.69) is 5.32 Å². The molecule has 14 heavy (non-hydrogen) atoms. The lowest BCUT2D eigenvalue weighted by Crippen LogP contribution is -2.41. The van der Waals surface area contributed by atoms with Crippen LogP contribution in [0.5, 0.6) is 0 Å². The van der Waals surface area contributed by atoms with Gasteiger partial charge in [0.15, 0.2) is 0 Å². The van der Waals surface area contributed by atoms with Crippen LogP contribution in [-0.4, -0.2) is 42.5 Å². The summed E-state index contributed by atoms with van der Waals surface area (Å²) in [5.74, 6) is -2.77. The molecule has 1 saturated heterocycles. The SMILES string of the molecule is O=C(NCC(F)F)C1C(=O)NCC1O. The van der Waals surface area contributed by atoms with Crippen LogP contribution in [0.4, 0.5) is 8.78 Å². The van der Waals surface area contributed by atoms with E-state index in [1.807, 2.05) is 5.32 Å². The van der Waals surface area contributed by atoms with E-state index < -0.39 is 36.8 Å². The molecule has 0 aromatic rings. The van der Waals surface area contributed by atoms with Crippen molar-refractivity contribution in [3.63, 3.8) is 0 Å². The molecule has 0 saturated carbocycles. The Bertz CT molecular complexity index is 247. The van der Waals surface area contributed by atoms with E-state index in [9.17, 15) is 18.4 Å². The fourth-order valence-electron chi connectivity index (χ4n) is 1.19. The Labute approximate surface area is 78.5 Å². The topological polar surface area (TPSA) is 78.4 Å². The molecule has 3 N–H and O–H groups in total. The largest absolute Gasteiger partial charge is 0.390 e. The zero-order chi connectivity index (χ0) is 10.7. The van der Waals surface area contributed by atoms with Crippen molar-refractivity contribution in [2.24, 2.45) is 5.92 Å². The number of β-amino-alcohol motifs (C(OH)–C–C–N with tert-alkyl or cyclic N) is 1.